The molecular weight excluding hydrogens is 239 g/mol. The molecule has 1 aromatic heterocycles. The maximum atomic E-state index is 14.0. The summed E-state index contributed by atoms with van der Waals surface area (Å²) in [5.41, 5.74) is 2.08. The molecule has 1 aliphatic carbocycles. The van der Waals surface area contributed by atoms with Crippen molar-refractivity contribution in [2.45, 2.75) is 51.5 Å². The summed E-state index contributed by atoms with van der Waals surface area (Å²) >= 11 is 0. The lowest BCUT2D eigenvalue weighted by Crippen LogP contribution is -2.25. The van der Waals surface area contributed by atoms with E-state index in [-0.39, 0.29) is 11.9 Å². The number of halogens is 1. The van der Waals surface area contributed by atoms with Gasteiger partial charge in [-0.05, 0) is 44.7 Å². The van der Waals surface area contributed by atoms with Crippen LogP contribution in [0.25, 0.3) is 0 Å². The highest BCUT2D eigenvalue weighted by molar-refractivity contribution is 5.28. The summed E-state index contributed by atoms with van der Waals surface area (Å²) in [6.45, 7) is 3.04. The number of aromatic nitrogens is 1. The Hall–Kier alpha value is -1.22. The Balaban J connectivity index is 2.24. The van der Waals surface area contributed by atoms with Gasteiger partial charge in [0.2, 0.25) is 0 Å². The number of pyridine rings is 1. The lowest BCUT2D eigenvalue weighted by molar-refractivity contribution is 0.525. The van der Waals surface area contributed by atoms with Gasteiger partial charge in [-0.3, -0.25) is 4.98 Å². The van der Waals surface area contributed by atoms with Crippen LogP contribution in [-0.4, -0.2) is 11.5 Å². The topological polar surface area (TPSA) is 24.9 Å². The minimum Gasteiger partial charge on any atom is -0.306 e. The molecule has 0 aliphatic heterocycles. The lowest BCUT2D eigenvalue weighted by atomic mass is 9.95. The van der Waals surface area contributed by atoms with Crippen LogP contribution in [0.2, 0.25) is 0 Å². The highest BCUT2D eigenvalue weighted by Crippen LogP contribution is 2.30. The summed E-state index contributed by atoms with van der Waals surface area (Å²) in [7, 11) is 0. The van der Waals surface area contributed by atoms with Gasteiger partial charge in [0, 0.05) is 11.8 Å². The average Bonchev–Trinajstić information content (AvgIpc) is 2.70. The summed E-state index contributed by atoms with van der Waals surface area (Å²) in [6, 6.07) is 1.81. The van der Waals surface area contributed by atoms with Gasteiger partial charge in [0.25, 0.3) is 0 Å². The molecule has 19 heavy (non-hydrogen) atoms. The van der Waals surface area contributed by atoms with Crippen molar-refractivity contribution in [1.82, 2.24) is 10.3 Å². The van der Waals surface area contributed by atoms with Crippen molar-refractivity contribution in [3.8, 4) is 0 Å². The zero-order valence-corrected chi connectivity index (χ0v) is 11.7. The normalized spacial score (nSPS) is 17.7. The third-order valence-electron chi connectivity index (χ3n) is 3.66. The molecule has 0 aromatic carbocycles. The summed E-state index contributed by atoms with van der Waals surface area (Å²) in [4.78, 5) is 3.85. The molecule has 1 N–H and O–H groups in total. The summed E-state index contributed by atoms with van der Waals surface area (Å²) < 4.78 is 14.0. The molecule has 2 rings (SSSR count). The van der Waals surface area contributed by atoms with Gasteiger partial charge < -0.3 is 5.32 Å². The predicted octanol–water partition coefficient (Wildman–Crippen LogP) is 4.15. The Morgan fingerprint density at radius 2 is 2.26 bits per heavy atom. The molecule has 0 amide bonds. The number of hydrogen-bond acceptors (Lipinski definition) is 2. The Labute approximate surface area is 115 Å². The van der Waals surface area contributed by atoms with E-state index in [2.05, 4.69) is 23.3 Å². The van der Waals surface area contributed by atoms with Crippen LogP contribution in [-0.2, 0) is 0 Å². The van der Waals surface area contributed by atoms with Crippen molar-refractivity contribution >= 4 is 0 Å². The van der Waals surface area contributed by atoms with Crippen LogP contribution in [0.3, 0.4) is 0 Å². The van der Waals surface area contributed by atoms with Crippen molar-refractivity contribution in [1.29, 1.82) is 0 Å². The third kappa shape index (κ3) is 3.87. The van der Waals surface area contributed by atoms with Crippen LogP contribution >= 0.6 is 0 Å². The number of nitrogens with one attached hydrogen (secondary N) is 1. The van der Waals surface area contributed by atoms with Crippen molar-refractivity contribution in [2.75, 3.05) is 6.54 Å². The van der Waals surface area contributed by atoms with Crippen molar-refractivity contribution in [2.24, 2.45) is 0 Å². The Bertz CT molecular complexity index is 429. The SMILES string of the molecule is CCCNC(C1=CCCCCC1)c1ccncc1F. The van der Waals surface area contributed by atoms with Gasteiger partial charge in [0.15, 0.2) is 0 Å². The predicted molar refractivity (Wildman–Crippen MR) is 76.4 cm³/mol. The molecule has 0 bridgehead atoms. The smallest absolute Gasteiger partial charge is 0.146 e. The van der Waals surface area contributed by atoms with Gasteiger partial charge >= 0.3 is 0 Å². The highest BCUT2D eigenvalue weighted by atomic mass is 19.1. The molecular formula is C16H23FN2. The second kappa shape index (κ2) is 7.39. The van der Waals surface area contributed by atoms with Crippen molar-refractivity contribution in [3.05, 3.63) is 41.5 Å². The highest BCUT2D eigenvalue weighted by Gasteiger charge is 2.20. The minimum absolute atomic E-state index is 0.0149. The van der Waals surface area contributed by atoms with Gasteiger partial charge in [0.05, 0.1) is 12.2 Å². The molecule has 0 saturated carbocycles. The maximum absolute atomic E-state index is 14.0. The van der Waals surface area contributed by atoms with Crippen LogP contribution in [0.5, 0.6) is 0 Å². The first-order valence-electron chi connectivity index (χ1n) is 7.34. The summed E-state index contributed by atoms with van der Waals surface area (Å²) in [5, 5.41) is 3.49. The van der Waals surface area contributed by atoms with Crippen LogP contribution in [0, 0.1) is 5.82 Å². The molecule has 1 aromatic rings. The van der Waals surface area contributed by atoms with Crippen LogP contribution < -0.4 is 5.32 Å². The van der Waals surface area contributed by atoms with Gasteiger partial charge in [-0.25, -0.2) is 4.39 Å². The Morgan fingerprint density at radius 3 is 3.05 bits per heavy atom. The molecule has 1 atom stereocenters. The van der Waals surface area contributed by atoms with Gasteiger partial charge in [-0.1, -0.05) is 25.0 Å². The van der Waals surface area contributed by atoms with Crippen LogP contribution in [0.4, 0.5) is 4.39 Å². The number of allylic oxidation sites excluding steroid dienone is 1. The fourth-order valence-corrected chi connectivity index (χ4v) is 2.65. The monoisotopic (exact) mass is 262 g/mol. The molecule has 2 nitrogen and oxygen atoms in total. The molecule has 0 fully saturated rings. The average molecular weight is 262 g/mol. The lowest BCUT2D eigenvalue weighted by Gasteiger charge is -2.22. The molecule has 0 saturated heterocycles. The molecule has 1 heterocycles. The Morgan fingerprint density at radius 1 is 1.37 bits per heavy atom. The zero-order chi connectivity index (χ0) is 13.5. The second-order valence-corrected chi connectivity index (χ2v) is 5.16. The van der Waals surface area contributed by atoms with Crippen LogP contribution in [0.1, 0.15) is 57.1 Å². The fraction of sp³-hybridized carbons (Fsp3) is 0.562. The first-order chi connectivity index (χ1) is 9.33. The number of hydrogen-bond donors (Lipinski definition) is 1. The van der Waals surface area contributed by atoms with E-state index >= 15 is 0 Å². The van der Waals surface area contributed by atoms with E-state index in [0.717, 1.165) is 31.4 Å². The van der Waals surface area contributed by atoms with E-state index in [0.29, 0.717) is 0 Å². The number of rotatable bonds is 5. The molecule has 0 spiro atoms. The summed E-state index contributed by atoms with van der Waals surface area (Å²) in [6.07, 6.45) is 12.3. The summed E-state index contributed by atoms with van der Waals surface area (Å²) in [5.74, 6) is -0.207. The van der Waals surface area contributed by atoms with Gasteiger partial charge in [-0.2, -0.15) is 0 Å². The zero-order valence-electron chi connectivity index (χ0n) is 11.7. The van der Waals surface area contributed by atoms with E-state index in [9.17, 15) is 4.39 Å². The maximum Gasteiger partial charge on any atom is 0.146 e. The van der Waals surface area contributed by atoms with E-state index in [1.807, 2.05) is 0 Å². The molecule has 1 unspecified atom stereocenters. The van der Waals surface area contributed by atoms with E-state index in [1.165, 1.54) is 31.0 Å². The van der Waals surface area contributed by atoms with Crippen molar-refractivity contribution in [3.63, 3.8) is 0 Å². The van der Waals surface area contributed by atoms with Gasteiger partial charge in [-0.15, -0.1) is 0 Å². The molecule has 3 heteroatoms. The third-order valence-corrected chi connectivity index (χ3v) is 3.66. The first kappa shape index (κ1) is 14.2. The Kier molecular flexibility index (Phi) is 5.52. The quantitative estimate of drug-likeness (QED) is 0.806. The standard InChI is InChI=1S/C16H23FN2/c1-2-10-19-16(13-7-5-3-4-6-8-13)14-9-11-18-12-15(14)17/h7,9,11-12,16,19H,2-6,8,10H2,1H3. The van der Waals surface area contributed by atoms with Gasteiger partial charge in [0.1, 0.15) is 5.82 Å². The molecule has 104 valence electrons. The van der Waals surface area contributed by atoms with E-state index in [1.54, 1.807) is 12.3 Å². The molecule has 0 radical (unpaired) electrons. The number of nitrogens with zero attached hydrogens (tertiary/aromatic N) is 1. The fourth-order valence-electron chi connectivity index (χ4n) is 2.65. The molecule has 1 aliphatic rings. The van der Waals surface area contributed by atoms with E-state index < -0.39 is 0 Å². The minimum atomic E-state index is -0.207. The van der Waals surface area contributed by atoms with Crippen LogP contribution in [0.15, 0.2) is 30.1 Å². The second-order valence-electron chi connectivity index (χ2n) is 5.16. The largest absolute Gasteiger partial charge is 0.306 e. The first-order valence-corrected chi connectivity index (χ1v) is 7.34. The van der Waals surface area contributed by atoms with Crippen molar-refractivity contribution < 1.29 is 4.39 Å². The van der Waals surface area contributed by atoms with E-state index in [4.69, 9.17) is 0 Å².